The van der Waals surface area contributed by atoms with Crippen LogP contribution in [0, 0.1) is 11.3 Å². The summed E-state index contributed by atoms with van der Waals surface area (Å²) in [5.41, 5.74) is 2.21. The highest BCUT2D eigenvalue weighted by Gasteiger charge is 2.07. The van der Waals surface area contributed by atoms with Gasteiger partial charge in [0.25, 0.3) is 0 Å². The maximum atomic E-state index is 11.7. The van der Waals surface area contributed by atoms with Crippen LogP contribution >= 0.6 is 0 Å². The maximum absolute atomic E-state index is 11.7. The number of ether oxygens (including phenoxy) is 2. The number of nitrogens with zero attached hydrogens (tertiary/aromatic N) is 1. The lowest BCUT2D eigenvalue weighted by atomic mass is 10.1. The average molecular weight is 296 g/mol. The lowest BCUT2D eigenvalue weighted by Crippen LogP contribution is -2.23. The third-order valence-corrected chi connectivity index (χ3v) is 3.05. The van der Waals surface area contributed by atoms with E-state index in [0.717, 1.165) is 11.1 Å². The minimum absolute atomic E-state index is 0.219. The highest BCUT2D eigenvalue weighted by atomic mass is 16.5. The minimum atomic E-state index is -0.504. The normalized spacial score (nSPS) is 9.64. The molecule has 0 atom stereocenters. The molecule has 5 heteroatoms. The first-order valence-corrected chi connectivity index (χ1v) is 6.74. The van der Waals surface area contributed by atoms with Gasteiger partial charge in [0.05, 0.1) is 18.7 Å². The number of alkyl carbamates (subject to hydrolysis) is 1. The predicted molar refractivity (Wildman–Crippen MR) is 81.2 cm³/mol. The molecular formula is C17H16N2O3. The van der Waals surface area contributed by atoms with E-state index in [1.54, 1.807) is 18.2 Å². The van der Waals surface area contributed by atoms with Crippen LogP contribution < -0.4 is 10.1 Å². The second-order valence-electron chi connectivity index (χ2n) is 4.55. The molecular weight excluding hydrogens is 280 g/mol. The number of benzene rings is 2. The van der Waals surface area contributed by atoms with Gasteiger partial charge in [0.15, 0.2) is 0 Å². The van der Waals surface area contributed by atoms with Crippen molar-refractivity contribution in [1.82, 2.24) is 5.32 Å². The van der Waals surface area contributed by atoms with Gasteiger partial charge in [-0.2, -0.15) is 5.26 Å². The lowest BCUT2D eigenvalue weighted by molar-refractivity contribution is 0.139. The van der Waals surface area contributed by atoms with E-state index >= 15 is 0 Å². The molecule has 5 nitrogen and oxygen atoms in total. The second kappa shape index (κ2) is 7.70. The Bertz CT molecular complexity index is 678. The van der Waals surface area contributed by atoms with Crippen LogP contribution in [0.4, 0.5) is 4.79 Å². The van der Waals surface area contributed by atoms with Crippen molar-refractivity contribution in [3.63, 3.8) is 0 Å². The van der Waals surface area contributed by atoms with Crippen molar-refractivity contribution in [1.29, 1.82) is 5.26 Å². The number of hydrogen-bond donors (Lipinski definition) is 1. The molecule has 0 spiro atoms. The Kier molecular flexibility index (Phi) is 5.38. The van der Waals surface area contributed by atoms with Gasteiger partial charge in [0, 0.05) is 12.1 Å². The third kappa shape index (κ3) is 4.25. The summed E-state index contributed by atoms with van der Waals surface area (Å²) in [6.45, 7) is 0.486. The summed E-state index contributed by atoms with van der Waals surface area (Å²) in [5.74, 6) is 0.558. The van der Waals surface area contributed by atoms with Crippen LogP contribution in [0.2, 0.25) is 0 Å². The molecule has 0 fully saturated rings. The summed E-state index contributed by atoms with van der Waals surface area (Å²) in [6, 6.07) is 16.5. The molecule has 0 unspecified atom stereocenters. The van der Waals surface area contributed by atoms with Crippen LogP contribution in [-0.2, 0) is 17.9 Å². The molecule has 0 saturated carbocycles. The molecule has 2 aromatic rings. The summed E-state index contributed by atoms with van der Waals surface area (Å²) in [4.78, 5) is 11.7. The number of carbonyl (C=O) groups is 1. The fourth-order valence-electron chi connectivity index (χ4n) is 1.90. The van der Waals surface area contributed by atoms with Gasteiger partial charge >= 0.3 is 6.09 Å². The molecule has 0 saturated heterocycles. The molecule has 0 aliphatic rings. The maximum Gasteiger partial charge on any atom is 0.407 e. The van der Waals surface area contributed by atoms with Crippen LogP contribution in [0.15, 0.2) is 48.5 Å². The molecule has 112 valence electrons. The first kappa shape index (κ1) is 15.4. The van der Waals surface area contributed by atoms with Crippen molar-refractivity contribution in [3.05, 3.63) is 65.2 Å². The molecule has 0 radical (unpaired) electrons. The topological polar surface area (TPSA) is 71.3 Å². The molecule has 2 aromatic carbocycles. The van der Waals surface area contributed by atoms with Crippen LogP contribution in [0.3, 0.4) is 0 Å². The van der Waals surface area contributed by atoms with E-state index in [0.29, 0.717) is 11.3 Å². The molecule has 1 amide bonds. The molecule has 0 aliphatic heterocycles. The SMILES string of the molecule is COc1cc(C#N)ccc1CNC(=O)OCc1ccccc1. The predicted octanol–water partition coefficient (Wildman–Crippen LogP) is 2.99. The molecule has 22 heavy (non-hydrogen) atoms. The molecule has 2 rings (SSSR count). The number of methoxy groups -OCH3 is 1. The standard InChI is InChI=1S/C17H16N2O3/c1-21-16-9-14(10-18)7-8-15(16)11-19-17(20)22-12-13-5-3-2-4-6-13/h2-9H,11-12H2,1H3,(H,19,20). The Balaban J connectivity index is 1.87. The summed E-state index contributed by atoms with van der Waals surface area (Å²) < 4.78 is 10.3. The Morgan fingerprint density at radius 2 is 2.00 bits per heavy atom. The van der Waals surface area contributed by atoms with Crippen LogP contribution in [0.5, 0.6) is 5.75 Å². The minimum Gasteiger partial charge on any atom is -0.496 e. The number of nitrogens with one attached hydrogen (secondary N) is 1. The first-order chi connectivity index (χ1) is 10.7. The van der Waals surface area contributed by atoms with Crippen molar-refractivity contribution in [2.45, 2.75) is 13.2 Å². The van der Waals surface area contributed by atoms with E-state index < -0.39 is 6.09 Å². The highest BCUT2D eigenvalue weighted by Crippen LogP contribution is 2.19. The summed E-state index contributed by atoms with van der Waals surface area (Å²) >= 11 is 0. The third-order valence-electron chi connectivity index (χ3n) is 3.05. The zero-order valence-corrected chi connectivity index (χ0v) is 12.2. The average Bonchev–Trinajstić information content (AvgIpc) is 2.58. The number of nitriles is 1. The van der Waals surface area contributed by atoms with Crippen LogP contribution in [-0.4, -0.2) is 13.2 Å². The number of amides is 1. The number of rotatable bonds is 5. The first-order valence-electron chi connectivity index (χ1n) is 6.74. The zero-order chi connectivity index (χ0) is 15.8. The quantitative estimate of drug-likeness (QED) is 0.920. The Labute approximate surface area is 129 Å². The van der Waals surface area contributed by atoms with Gasteiger partial charge in [-0.05, 0) is 17.7 Å². The van der Waals surface area contributed by atoms with Gasteiger partial charge in [0.2, 0.25) is 0 Å². The van der Waals surface area contributed by atoms with Crippen LogP contribution in [0.25, 0.3) is 0 Å². The van der Waals surface area contributed by atoms with Crippen molar-refractivity contribution >= 4 is 6.09 Å². The monoisotopic (exact) mass is 296 g/mol. The van der Waals surface area contributed by atoms with Crippen molar-refractivity contribution in [2.24, 2.45) is 0 Å². The van der Waals surface area contributed by atoms with Gasteiger partial charge in [-0.25, -0.2) is 4.79 Å². The molecule has 0 aliphatic carbocycles. The van der Waals surface area contributed by atoms with Gasteiger partial charge in [-0.1, -0.05) is 36.4 Å². The Hall–Kier alpha value is -3.00. The molecule has 0 aromatic heterocycles. The van der Waals surface area contributed by atoms with E-state index in [9.17, 15) is 4.79 Å². The van der Waals surface area contributed by atoms with E-state index in [1.165, 1.54) is 7.11 Å². The summed E-state index contributed by atoms with van der Waals surface area (Å²) in [7, 11) is 1.52. The van der Waals surface area contributed by atoms with Gasteiger partial charge in [-0.15, -0.1) is 0 Å². The fourth-order valence-corrected chi connectivity index (χ4v) is 1.90. The zero-order valence-electron chi connectivity index (χ0n) is 12.2. The molecule has 0 heterocycles. The van der Waals surface area contributed by atoms with Gasteiger partial charge in [-0.3, -0.25) is 0 Å². The van der Waals surface area contributed by atoms with E-state index in [2.05, 4.69) is 5.32 Å². The number of hydrogen-bond acceptors (Lipinski definition) is 4. The van der Waals surface area contributed by atoms with E-state index in [4.69, 9.17) is 14.7 Å². The van der Waals surface area contributed by atoms with Crippen LogP contribution in [0.1, 0.15) is 16.7 Å². The Morgan fingerprint density at radius 3 is 2.68 bits per heavy atom. The fraction of sp³-hybridized carbons (Fsp3) is 0.176. The van der Waals surface area contributed by atoms with E-state index in [-0.39, 0.29) is 13.2 Å². The Morgan fingerprint density at radius 1 is 1.23 bits per heavy atom. The van der Waals surface area contributed by atoms with Crippen molar-refractivity contribution in [2.75, 3.05) is 7.11 Å². The summed E-state index contributed by atoms with van der Waals surface area (Å²) in [6.07, 6.45) is -0.504. The van der Waals surface area contributed by atoms with Gasteiger partial charge < -0.3 is 14.8 Å². The molecule has 1 N–H and O–H groups in total. The smallest absolute Gasteiger partial charge is 0.407 e. The van der Waals surface area contributed by atoms with E-state index in [1.807, 2.05) is 36.4 Å². The largest absolute Gasteiger partial charge is 0.496 e. The van der Waals surface area contributed by atoms with Crippen molar-refractivity contribution < 1.29 is 14.3 Å². The molecule has 0 bridgehead atoms. The lowest BCUT2D eigenvalue weighted by Gasteiger charge is -2.10. The highest BCUT2D eigenvalue weighted by molar-refractivity contribution is 5.67. The van der Waals surface area contributed by atoms with Crippen molar-refractivity contribution in [3.8, 4) is 11.8 Å². The second-order valence-corrected chi connectivity index (χ2v) is 4.55. The summed E-state index contributed by atoms with van der Waals surface area (Å²) in [5, 5.41) is 11.5. The number of carbonyl (C=O) groups excluding carboxylic acids is 1. The van der Waals surface area contributed by atoms with Gasteiger partial charge in [0.1, 0.15) is 12.4 Å².